The van der Waals surface area contributed by atoms with Gasteiger partial charge in [0.1, 0.15) is 6.61 Å². The molecule has 0 atom stereocenters. The lowest BCUT2D eigenvalue weighted by atomic mass is 10.2. The van der Waals surface area contributed by atoms with Crippen molar-refractivity contribution in [2.24, 2.45) is 0 Å². The fraction of sp³-hybridized carbons (Fsp3) is 0.909. The molecular formula is C11H23NO2S. The molecule has 0 N–H and O–H groups in total. The topological polar surface area (TPSA) is 29.5 Å². The van der Waals surface area contributed by atoms with Crippen molar-refractivity contribution in [1.82, 2.24) is 4.90 Å². The van der Waals surface area contributed by atoms with Crippen molar-refractivity contribution in [1.29, 1.82) is 0 Å². The van der Waals surface area contributed by atoms with Crippen molar-refractivity contribution in [3.8, 4) is 0 Å². The summed E-state index contributed by atoms with van der Waals surface area (Å²) in [5.74, 6) is -0.155. The summed E-state index contributed by atoms with van der Waals surface area (Å²) in [4.78, 5) is 13.1. The molecule has 0 fully saturated rings. The van der Waals surface area contributed by atoms with Gasteiger partial charge >= 0.3 is 5.97 Å². The van der Waals surface area contributed by atoms with Crippen LogP contribution in [0.3, 0.4) is 0 Å². The number of esters is 1. The van der Waals surface area contributed by atoms with Crippen molar-refractivity contribution < 1.29 is 9.53 Å². The molecule has 3 nitrogen and oxygen atoms in total. The Labute approximate surface area is 97.5 Å². The molecule has 90 valence electrons. The van der Waals surface area contributed by atoms with Gasteiger partial charge in [-0.1, -0.05) is 13.8 Å². The van der Waals surface area contributed by atoms with Gasteiger partial charge in [0.05, 0.1) is 6.54 Å². The van der Waals surface area contributed by atoms with Gasteiger partial charge in [0.25, 0.3) is 0 Å². The molecule has 0 spiro atoms. The minimum absolute atomic E-state index is 0.00383. The van der Waals surface area contributed by atoms with Gasteiger partial charge in [-0.2, -0.15) is 0 Å². The first kappa shape index (κ1) is 14.8. The van der Waals surface area contributed by atoms with Gasteiger partial charge in [0.2, 0.25) is 0 Å². The minimum atomic E-state index is -0.155. The van der Waals surface area contributed by atoms with Crippen LogP contribution in [0, 0.1) is 0 Å². The molecule has 15 heavy (non-hydrogen) atoms. The molecule has 0 aromatic heterocycles. The van der Waals surface area contributed by atoms with Crippen LogP contribution in [0.15, 0.2) is 0 Å². The zero-order valence-corrected chi connectivity index (χ0v) is 11.5. The Morgan fingerprint density at radius 3 is 2.33 bits per heavy atom. The number of hydrogen-bond acceptors (Lipinski definition) is 4. The average molecular weight is 233 g/mol. The Morgan fingerprint density at radius 2 is 1.93 bits per heavy atom. The van der Waals surface area contributed by atoms with Gasteiger partial charge in [-0.15, -0.1) is 11.8 Å². The first-order valence-corrected chi connectivity index (χ1v) is 6.09. The molecule has 0 aliphatic heterocycles. The highest BCUT2D eigenvalue weighted by molar-refractivity contribution is 8.01. The monoisotopic (exact) mass is 233 g/mol. The summed E-state index contributed by atoms with van der Waals surface area (Å²) in [5, 5.41) is 0.549. The van der Waals surface area contributed by atoms with E-state index in [4.69, 9.17) is 4.74 Å². The first-order chi connectivity index (χ1) is 6.73. The van der Waals surface area contributed by atoms with E-state index in [1.807, 2.05) is 30.8 Å². The van der Waals surface area contributed by atoms with Crippen LogP contribution in [0.25, 0.3) is 0 Å². The summed E-state index contributed by atoms with van der Waals surface area (Å²) in [6.45, 7) is 9.31. The van der Waals surface area contributed by atoms with E-state index in [1.165, 1.54) is 0 Å². The van der Waals surface area contributed by atoms with Gasteiger partial charge < -0.3 is 4.74 Å². The van der Waals surface area contributed by atoms with Crippen molar-refractivity contribution >= 4 is 17.7 Å². The van der Waals surface area contributed by atoms with Crippen LogP contribution >= 0.6 is 11.8 Å². The predicted molar refractivity (Wildman–Crippen MR) is 66.3 cm³/mol. The third-order valence-corrected chi connectivity index (χ3v) is 2.81. The summed E-state index contributed by atoms with van der Waals surface area (Å²) >= 11 is 1.83. The summed E-state index contributed by atoms with van der Waals surface area (Å²) < 4.78 is 5.21. The maximum Gasteiger partial charge on any atom is 0.320 e. The molecule has 0 aliphatic rings. The molecule has 0 saturated heterocycles. The van der Waals surface area contributed by atoms with Crippen molar-refractivity contribution in [3.05, 3.63) is 0 Å². The zero-order valence-electron chi connectivity index (χ0n) is 10.7. The zero-order chi connectivity index (χ0) is 12.1. The third kappa shape index (κ3) is 8.75. The van der Waals surface area contributed by atoms with Crippen LogP contribution in [0.2, 0.25) is 0 Å². The highest BCUT2D eigenvalue weighted by Crippen LogP contribution is 2.28. The molecular weight excluding hydrogens is 210 g/mol. The quantitative estimate of drug-likeness (QED) is 0.656. The van der Waals surface area contributed by atoms with Crippen LogP contribution in [-0.4, -0.2) is 48.1 Å². The molecule has 0 heterocycles. The fourth-order valence-corrected chi connectivity index (χ4v) is 2.63. The van der Waals surface area contributed by atoms with Gasteiger partial charge in [-0.25, -0.2) is 0 Å². The molecule has 0 aromatic rings. The number of carbonyl (C=O) groups is 1. The Hall–Kier alpha value is -0.220. The summed E-state index contributed by atoms with van der Waals surface area (Å²) in [7, 11) is 3.71. The molecule has 0 bridgehead atoms. The lowest BCUT2D eigenvalue weighted by Gasteiger charge is -2.25. The standard InChI is InChI=1S/C11H23NO2S/c1-9(2)15-11(3,4)8-14-10(13)7-12(5)6/h9H,7-8H2,1-6H3. The highest BCUT2D eigenvalue weighted by Gasteiger charge is 2.22. The second kappa shape index (κ2) is 6.38. The average Bonchev–Trinajstić information content (AvgIpc) is 1.97. The molecule has 0 aromatic carbocycles. The minimum Gasteiger partial charge on any atom is -0.463 e. The van der Waals surface area contributed by atoms with Crippen molar-refractivity contribution in [2.45, 2.75) is 37.7 Å². The molecule has 0 aliphatic carbocycles. The largest absolute Gasteiger partial charge is 0.463 e. The van der Waals surface area contributed by atoms with Crippen LogP contribution in [-0.2, 0) is 9.53 Å². The van der Waals surface area contributed by atoms with Crippen LogP contribution in [0.4, 0.5) is 0 Å². The Bertz CT molecular complexity index is 203. The molecule has 4 heteroatoms. The normalized spacial score (nSPS) is 12.3. The smallest absolute Gasteiger partial charge is 0.320 e. The van der Waals surface area contributed by atoms with Gasteiger partial charge in [-0.3, -0.25) is 9.69 Å². The van der Waals surface area contributed by atoms with E-state index in [0.29, 0.717) is 18.4 Å². The van der Waals surface area contributed by atoms with Crippen LogP contribution in [0.5, 0.6) is 0 Å². The maximum atomic E-state index is 11.3. The van der Waals surface area contributed by atoms with Gasteiger partial charge in [0, 0.05) is 4.75 Å². The summed E-state index contributed by atoms with van der Waals surface area (Å²) in [6.07, 6.45) is 0. The van der Waals surface area contributed by atoms with E-state index in [9.17, 15) is 4.79 Å². The number of likely N-dealkylation sites (N-methyl/N-ethyl adjacent to an activating group) is 1. The first-order valence-electron chi connectivity index (χ1n) is 5.21. The second-order valence-electron chi connectivity index (χ2n) is 4.82. The van der Waals surface area contributed by atoms with E-state index in [2.05, 4.69) is 27.7 Å². The van der Waals surface area contributed by atoms with Crippen LogP contribution < -0.4 is 0 Å². The second-order valence-corrected chi connectivity index (χ2v) is 7.11. The van der Waals surface area contributed by atoms with Gasteiger partial charge in [-0.05, 0) is 33.2 Å². The fourth-order valence-electron chi connectivity index (χ4n) is 1.23. The number of ether oxygens (including phenoxy) is 1. The lowest BCUT2D eigenvalue weighted by Crippen LogP contribution is -2.30. The van der Waals surface area contributed by atoms with E-state index in [-0.39, 0.29) is 10.7 Å². The SMILES string of the molecule is CC(C)SC(C)(C)COC(=O)CN(C)C. The molecule has 0 amide bonds. The lowest BCUT2D eigenvalue weighted by molar-refractivity contribution is -0.144. The molecule has 0 rings (SSSR count). The summed E-state index contributed by atoms with van der Waals surface area (Å²) in [5.41, 5.74) is 0. The highest BCUT2D eigenvalue weighted by atomic mass is 32.2. The summed E-state index contributed by atoms with van der Waals surface area (Å²) in [6, 6.07) is 0. The Balaban J connectivity index is 3.87. The number of nitrogens with zero attached hydrogens (tertiary/aromatic N) is 1. The van der Waals surface area contributed by atoms with E-state index in [1.54, 1.807) is 0 Å². The molecule has 0 radical (unpaired) electrons. The predicted octanol–water partition coefficient (Wildman–Crippen LogP) is 2.01. The van der Waals surface area contributed by atoms with Crippen LogP contribution in [0.1, 0.15) is 27.7 Å². The van der Waals surface area contributed by atoms with Crippen molar-refractivity contribution in [3.63, 3.8) is 0 Å². The number of thioether (sulfide) groups is 1. The molecule has 0 unspecified atom stereocenters. The Kier molecular flexibility index (Phi) is 6.29. The third-order valence-electron chi connectivity index (χ3n) is 1.58. The number of hydrogen-bond donors (Lipinski definition) is 0. The van der Waals surface area contributed by atoms with E-state index >= 15 is 0 Å². The van der Waals surface area contributed by atoms with E-state index in [0.717, 1.165) is 0 Å². The van der Waals surface area contributed by atoms with Crippen molar-refractivity contribution in [2.75, 3.05) is 27.2 Å². The van der Waals surface area contributed by atoms with E-state index < -0.39 is 0 Å². The number of carbonyl (C=O) groups excluding carboxylic acids is 1. The Morgan fingerprint density at radius 1 is 1.40 bits per heavy atom. The maximum absolute atomic E-state index is 11.3. The number of rotatable bonds is 6. The van der Waals surface area contributed by atoms with Gasteiger partial charge in [0.15, 0.2) is 0 Å². The molecule has 0 saturated carbocycles.